The fourth-order valence-corrected chi connectivity index (χ4v) is 1.56. The summed E-state index contributed by atoms with van der Waals surface area (Å²) in [5, 5.41) is 2.68. The highest BCUT2D eigenvalue weighted by molar-refractivity contribution is 5.85. The maximum absolute atomic E-state index is 12.1. The number of nitrogens with one attached hydrogen (secondary N) is 1. The third-order valence-electron chi connectivity index (χ3n) is 2.62. The zero-order chi connectivity index (χ0) is 15.9. The van der Waals surface area contributed by atoms with E-state index in [1.807, 2.05) is 6.92 Å². The first kappa shape index (κ1) is 20.5. The van der Waals surface area contributed by atoms with Crippen molar-refractivity contribution >= 4 is 18.3 Å². The van der Waals surface area contributed by atoms with Gasteiger partial charge in [0.05, 0.1) is 0 Å². The third kappa shape index (κ3) is 9.46. The molecule has 4 nitrogen and oxygen atoms in total. The van der Waals surface area contributed by atoms with E-state index in [0.29, 0.717) is 18.4 Å². The molecule has 1 rings (SSSR count). The summed E-state index contributed by atoms with van der Waals surface area (Å²) in [7, 11) is 0. The molecule has 0 radical (unpaired) electrons. The average Bonchev–Trinajstić information content (AvgIpc) is 2.40. The number of amides is 1. The van der Waals surface area contributed by atoms with Crippen molar-refractivity contribution in [2.45, 2.75) is 38.5 Å². The molecular formula is C14H20ClF3N2O2. The molecule has 0 heterocycles. The van der Waals surface area contributed by atoms with Gasteiger partial charge in [-0.05, 0) is 31.0 Å². The number of nitrogens with two attached hydrogens (primary N) is 1. The highest BCUT2D eigenvalue weighted by atomic mass is 35.5. The Labute approximate surface area is 133 Å². The van der Waals surface area contributed by atoms with Gasteiger partial charge in [-0.1, -0.05) is 12.1 Å². The van der Waals surface area contributed by atoms with Crippen molar-refractivity contribution in [3.63, 3.8) is 0 Å². The van der Waals surface area contributed by atoms with Gasteiger partial charge >= 0.3 is 6.18 Å². The maximum atomic E-state index is 12.1. The molecule has 1 unspecified atom stereocenters. The van der Waals surface area contributed by atoms with Gasteiger partial charge in [0.1, 0.15) is 5.75 Å². The predicted molar refractivity (Wildman–Crippen MR) is 80.0 cm³/mol. The number of hydrogen-bond acceptors (Lipinski definition) is 3. The molecule has 0 aliphatic heterocycles. The Morgan fingerprint density at radius 3 is 2.68 bits per heavy atom. The Kier molecular flexibility index (Phi) is 8.89. The maximum Gasteiger partial charge on any atom is 0.422 e. The summed E-state index contributed by atoms with van der Waals surface area (Å²) < 4.78 is 40.8. The number of halogens is 4. The van der Waals surface area contributed by atoms with Gasteiger partial charge in [0.15, 0.2) is 6.61 Å². The molecule has 1 amide bonds. The fourth-order valence-electron chi connectivity index (χ4n) is 1.56. The summed E-state index contributed by atoms with van der Waals surface area (Å²) in [4.78, 5) is 11.5. The molecule has 8 heteroatoms. The highest BCUT2D eigenvalue weighted by Gasteiger charge is 2.28. The first-order valence-electron chi connectivity index (χ1n) is 6.57. The van der Waals surface area contributed by atoms with Crippen LogP contribution in [0.15, 0.2) is 24.3 Å². The van der Waals surface area contributed by atoms with Crippen LogP contribution in [0.3, 0.4) is 0 Å². The van der Waals surface area contributed by atoms with Crippen LogP contribution in [0.4, 0.5) is 13.2 Å². The molecule has 3 N–H and O–H groups in total. The van der Waals surface area contributed by atoms with E-state index in [0.717, 1.165) is 0 Å². The van der Waals surface area contributed by atoms with Crippen molar-refractivity contribution in [1.29, 1.82) is 0 Å². The number of carbonyl (C=O) groups excluding carboxylic acids is 1. The van der Waals surface area contributed by atoms with Crippen molar-refractivity contribution in [1.82, 2.24) is 5.32 Å². The van der Waals surface area contributed by atoms with Crippen LogP contribution in [0.1, 0.15) is 25.3 Å². The second-order valence-corrected chi connectivity index (χ2v) is 4.84. The molecule has 0 aliphatic rings. The normalized spacial score (nSPS) is 12.2. The van der Waals surface area contributed by atoms with Crippen molar-refractivity contribution in [3.8, 4) is 5.75 Å². The Morgan fingerprint density at radius 1 is 1.41 bits per heavy atom. The molecule has 0 saturated carbocycles. The predicted octanol–water partition coefficient (Wildman–Crippen LogP) is 2.79. The van der Waals surface area contributed by atoms with Gasteiger partial charge in [-0.2, -0.15) is 13.2 Å². The lowest BCUT2D eigenvalue weighted by molar-refractivity contribution is -0.153. The van der Waals surface area contributed by atoms with Gasteiger partial charge in [-0.15, -0.1) is 12.4 Å². The number of rotatable bonds is 7. The van der Waals surface area contributed by atoms with E-state index in [1.165, 1.54) is 12.1 Å². The standard InChI is InChI=1S/C14H19F3N2O2.ClH/c1-10(18)5-6-13(20)19-8-11-3-2-4-12(7-11)21-9-14(15,16)17;/h2-4,7,10H,5-6,8-9,18H2,1H3,(H,19,20);1H. The first-order valence-corrected chi connectivity index (χ1v) is 6.57. The molecule has 1 atom stereocenters. The second-order valence-electron chi connectivity index (χ2n) is 4.84. The summed E-state index contributed by atoms with van der Waals surface area (Å²) in [5.41, 5.74) is 6.22. The summed E-state index contributed by atoms with van der Waals surface area (Å²) in [6.45, 7) is 0.715. The van der Waals surface area contributed by atoms with E-state index in [9.17, 15) is 18.0 Å². The largest absolute Gasteiger partial charge is 0.484 e. The summed E-state index contributed by atoms with van der Waals surface area (Å²) >= 11 is 0. The molecule has 1 aromatic rings. The summed E-state index contributed by atoms with van der Waals surface area (Å²) in [6.07, 6.45) is -3.47. The van der Waals surface area contributed by atoms with Crippen LogP contribution >= 0.6 is 12.4 Å². The van der Waals surface area contributed by atoms with Crippen molar-refractivity contribution in [2.24, 2.45) is 5.73 Å². The monoisotopic (exact) mass is 340 g/mol. The number of ether oxygens (including phenoxy) is 1. The van der Waals surface area contributed by atoms with Crippen LogP contribution in [-0.4, -0.2) is 24.7 Å². The Bertz CT molecular complexity index is 468. The van der Waals surface area contributed by atoms with E-state index in [2.05, 4.69) is 10.1 Å². The van der Waals surface area contributed by atoms with Crippen LogP contribution in [0, 0.1) is 0 Å². The van der Waals surface area contributed by atoms with Crippen LogP contribution in [-0.2, 0) is 11.3 Å². The zero-order valence-corrected chi connectivity index (χ0v) is 13.0. The summed E-state index contributed by atoms with van der Waals surface area (Å²) in [6, 6.07) is 6.14. The molecule has 0 fully saturated rings. The highest BCUT2D eigenvalue weighted by Crippen LogP contribution is 2.19. The van der Waals surface area contributed by atoms with Gasteiger partial charge < -0.3 is 15.8 Å². The number of benzene rings is 1. The zero-order valence-electron chi connectivity index (χ0n) is 12.2. The molecule has 0 bridgehead atoms. The van der Waals surface area contributed by atoms with Gasteiger partial charge in [-0.25, -0.2) is 0 Å². The lowest BCUT2D eigenvalue weighted by Crippen LogP contribution is -2.25. The lowest BCUT2D eigenvalue weighted by atomic mass is 10.2. The Morgan fingerprint density at radius 2 is 2.09 bits per heavy atom. The number of hydrogen-bond donors (Lipinski definition) is 2. The van der Waals surface area contributed by atoms with Gasteiger partial charge in [0.25, 0.3) is 0 Å². The van der Waals surface area contributed by atoms with Crippen LogP contribution < -0.4 is 15.8 Å². The Balaban J connectivity index is 0.00000441. The van der Waals surface area contributed by atoms with E-state index < -0.39 is 12.8 Å². The van der Waals surface area contributed by atoms with Crippen LogP contribution in [0.2, 0.25) is 0 Å². The average molecular weight is 341 g/mol. The topological polar surface area (TPSA) is 64.4 Å². The molecule has 0 spiro atoms. The van der Waals surface area contributed by atoms with Gasteiger partial charge in [0.2, 0.25) is 5.91 Å². The van der Waals surface area contributed by atoms with E-state index in [1.54, 1.807) is 12.1 Å². The Hall–Kier alpha value is -1.47. The number of carbonyl (C=O) groups is 1. The lowest BCUT2D eigenvalue weighted by Gasteiger charge is -2.11. The molecule has 0 saturated heterocycles. The van der Waals surface area contributed by atoms with Crippen molar-refractivity contribution < 1.29 is 22.7 Å². The molecule has 0 aliphatic carbocycles. The summed E-state index contributed by atoms with van der Waals surface area (Å²) in [5.74, 6) is -0.0245. The molecular weight excluding hydrogens is 321 g/mol. The second kappa shape index (κ2) is 9.53. The molecule has 0 aromatic heterocycles. The third-order valence-corrected chi connectivity index (χ3v) is 2.62. The van der Waals surface area contributed by atoms with Gasteiger partial charge in [-0.3, -0.25) is 4.79 Å². The SMILES string of the molecule is CC(N)CCC(=O)NCc1cccc(OCC(F)(F)F)c1.Cl. The minimum Gasteiger partial charge on any atom is -0.484 e. The van der Waals surface area contributed by atoms with E-state index >= 15 is 0 Å². The molecule has 22 heavy (non-hydrogen) atoms. The number of alkyl halides is 3. The first-order chi connectivity index (χ1) is 9.76. The van der Waals surface area contributed by atoms with E-state index in [4.69, 9.17) is 5.73 Å². The minimum absolute atomic E-state index is 0. The van der Waals surface area contributed by atoms with Crippen LogP contribution in [0.25, 0.3) is 0 Å². The minimum atomic E-state index is -4.37. The molecule has 1 aromatic carbocycles. The van der Waals surface area contributed by atoms with E-state index in [-0.39, 0.29) is 36.7 Å². The fraction of sp³-hybridized carbons (Fsp3) is 0.500. The van der Waals surface area contributed by atoms with Crippen LogP contribution in [0.5, 0.6) is 5.75 Å². The smallest absolute Gasteiger partial charge is 0.422 e. The quantitative estimate of drug-likeness (QED) is 0.802. The van der Waals surface area contributed by atoms with Crippen molar-refractivity contribution in [2.75, 3.05) is 6.61 Å². The van der Waals surface area contributed by atoms with Gasteiger partial charge in [0, 0.05) is 19.0 Å². The molecule has 126 valence electrons. The van der Waals surface area contributed by atoms with Crippen molar-refractivity contribution in [3.05, 3.63) is 29.8 Å².